The largest absolute Gasteiger partial charge is 0.497 e. The lowest BCUT2D eigenvalue weighted by molar-refractivity contribution is 0.102. The summed E-state index contributed by atoms with van der Waals surface area (Å²) in [7, 11) is 1.60. The zero-order chi connectivity index (χ0) is 18.5. The molecule has 0 saturated carbocycles. The molecule has 0 aliphatic carbocycles. The van der Waals surface area contributed by atoms with Crippen molar-refractivity contribution >= 4 is 23.0 Å². The Morgan fingerprint density at radius 1 is 0.962 bits per heavy atom. The second kappa shape index (κ2) is 7.70. The van der Waals surface area contributed by atoms with Gasteiger partial charge in [0.15, 0.2) is 0 Å². The van der Waals surface area contributed by atoms with E-state index in [0.717, 1.165) is 22.7 Å². The Bertz CT molecular complexity index is 904. The van der Waals surface area contributed by atoms with Crippen molar-refractivity contribution in [3.63, 3.8) is 0 Å². The SMILES string of the molecule is COc1ccc(NC(=O)c2ccc(Nc3cc(C)ccc3C)cn2)cc1. The van der Waals surface area contributed by atoms with Crippen LogP contribution in [-0.2, 0) is 0 Å². The van der Waals surface area contributed by atoms with Crippen LogP contribution in [0.2, 0.25) is 0 Å². The number of carbonyl (C=O) groups excluding carboxylic acids is 1. The van der Waals surface area contributed by atoms with E-state index in [1.807, 2.05) is 13.0 Å². The van der Waals surface area contributed by atoms with E-state index in [1.165, 1.54) is 5.56 Å². The smallest absolute Gasteiger partial charge is 0.274 e. The van der Waals surface area contributed by atoms with E-state index in [2.05, 4.69) is 40.7 Å². The molecule has 5 heteroatoms. The van der Waals surface area contributed by atoms with Gasteiger partial charge >= 0.3 is 0 Å². The molecule has 1 heterocycles. The summed E-state index contributed by atoms with van der Waals surface area (Å²) in [5.41, 5.74) is 5.24. The van der Waals surface area contributed by atoms with E-state index in [9.17, 15) is 4.79 Å². The molecule has 0 atom stereocenters. The van der Waals surface area contributed by atoms with Crippen molar-refractivity contribution in [3.8, 4) is 5.75 Å². The Kier molecular flexibility index (Phi) is 5.17. The van der Waals surface area contributed by atoms with Gasteiger partial charge < -0.3 is 15.4 Å². The van der Waals surface area contributed by atoms with Gasteiger partial charge in [0.1, 0.15) is 11.4 Å². The van der Waals surface area contributed by atoms with Gasteiger partial charge in [-0.25, -0.2) is 4.98 Å². The first-order valence-corrected chi connectivity index (χ1v) is 8.31. The first kappa shape index (κ1) is 17.5. The van der Waals surface area contributed by atoms with Crippen LogP contribution in [-0.4, -0.2) is 18.0 Å². The maximum absolute atomic E-state index is 12.3. The molecule has 0 spiro atoms. The third kappa shape index (κ3) is 4.19. The number of amides is 1. The summed E-state index contributed by atoms with van der Waals surface area (Å²) < 4.78 is 5.10. The summed E-state index contributed by atoms with van der Waals surface area (Å²) in [5.74, 6) is 0.483. The summed E-state index contributed by atoms with van der Waals surface area (Å²) in [6.45, 7) is 4.10. The Morgan fingerprint density at radius 2 is 1.69 bits per heavy atom. The number of pyridine rings is 1. The predicted octanol–water partition coefficient (Wildman–Crippen LogP) is 4.70. The Hall–Kier alpha value is -3.34. The number of hydrogen-bond donors (Lipinski definition) is 2. The van der Waals surface area contributed by atoms with Crippen molar-refractivity contribution in [3.05, 3.63) is 77.6 Å². The van der Waals surface area contributed by atoms with Crippen LogP contribution in [0.1, 0.15) is 21.6 Å². The van der Waals surface area contributed by atoms with Crippen LogP contribution >= 0.6 is 0 Å². The van der Waals surface area contributed by atoms with E-state index in [0.29, 0.717) is 11.4 Å². The van der Waals surface area contributed by atoms with Gasteiger partial charge in [0.25, 0.3) is 5.91 Å². The fourth-order valence-corrected chi connectivity index (χ4v) is 2.50. The molecule has 3 aromatic rings. The van der Waals surface area contributed by atoms with Gasteiger partial charge in [-0.2, -0.15) is 0 Å². The summed E-state index contributed by atoms with van der Waals surface area (Å²) in [5, 5.41) is 6.15. The molecule has 1 amide bonds. The van der Waals surface area contributed by atoms with E-state index < -0.39 is 0 Å². The summed E-state index contributed by atoms with van der Waals surface area (Å²) in [6.07, 6.45) is 1.66. The summed E-state index contributed by atoms with van der Waals surface area (Å²) in [6, 6.07) is 16.9. The van der Waals surface area contributed by atoms with Crippen molar-refractivity contribution in [2.24, 2.45) is 0 Å². The molecule has 2 aromatic carbocycles. The topological polar surface area (TPSA) is 63.2 Å². The number of aromatic nitrogens is 1. The van der Waals surface area contributed by atoms with Crippen LogP contribution in [0.25, 0.3) is 0 Å². The molecule has 0 aliphatic rings. The van der Waals surface area contributed by atoms with Gasteiger partial charge in [0, 0.05) is 11.4 Å². The number of hydrogen-bond acceptors (Lipinski definition) is 4. The third-order valence-electron chi connectivity index (χ3n) is 4.02. The molecule has 0 unspecified atom stereocenters. The van der Waals surface area contributed by atoms with Crippen LogP contribution in [0.15, 0.2) is 60.8 Å². The fraction of sp³-hybridized carbons (Fsp3) is 0.143. The highest BCUT2D eigenvalue weighted by Gasteiger charge is 2.08. The van der Waals surface area contributed by atoms with Crippen LogP contribution < -0.4 is 15.4 Å². The number of rotatable bonds is 5. The highest BCUT2D eigenvalue weighted by atomic mass is 16.5. The molecule has 0 fully saturated rings. The molecular formula is C21H21N3O2. The lowest BCUT2D eigenvalue weighted by atomic mass is 10.1. The van der Waals surface area contributed by atoms with Crippen molar-refractivity contribution in [2.75, 3.05) is 17.7 Å². The normalized spacial score (nSPS) is 10.3. The Balaban J connectivity index is 1.68. The Morgan fingerprint density at radius 3 is 2.35 bits per heavy atom. The number of ether oxygens (including phenoxy) is 1. The minimum absolute atomic E-state index is 0.256. The van der Waals surface area contributed by atoms with Crippen molar-refractivity contribution in [2.45, 2.75) is 13.8 Å². The lowest BCUT2D eigenvalue weighted by Gasteiger charge is -2.11. The number of aryl methyl sites for hydroxylation is 2. The molecule has 2 N–H and O–H groups in total. The zero-order valence-corrected chi connectivity index (χ0v) is 15.0. The van der Waals surface area contributed by atoms with Crippen molar-refractivity contribution in [1.29, 1.82) is 0 Å². The molecule has 132 valence electrons. The Labute approximate surface area is 153 Å². The van der Waals surface area contributed by atoms with Crippen LogP contribution in [0.5, 0.6) is 5.75 Å². The minimum atomic E-state index is -0.256. The maximum Gasteiger partial charge on any atom is 0.274 e. The second-order valence-electron chi connectivity index (χ2n) is 6.06. The van der Waals surface area contributed by atoms with E-state index in [-0.39, 0.29) is 5.91 Å². The molecule has 1 aromatic heterocycles. The van der Waals surface area contributed by atoms with Crippen LogP contribution in [0.3, 0.4) is 0 Å². The number of nitrogens with zero attached hydrogens (tertiary/aromatic N) is 1. The lowest BCUT2D eigenvalue weighted by Crippen LogP contribution is -2.13. The van der Waals surface area contributed by atoms with Gasteiger partial charge in [-0.3, -0.25) is 4.79 Å². The van der Waals surface area contributed by atoms with Gasteiger partial charge in [0.2, 0.25) is 0 Å². The quantitative estimate of drug-likeness (QED) is 0.702. The third-order valence-corrected chi connectivity index (χ3v) is 4.02. The van der Waals surface area contributed by atoms with Crippen molar-refractivity contribution < 1.29 is 9.53 Å². The number of benzene rings is 2. The van der Waals surface area contributed by atoms with E-state index in [4.69, 9.17) is 4.74 Å². The first-order chi connectivity index (χ1) is 12.5. The van der Waals surface area contributed by atoms with Gasteiger partial charge in [-0.1, -0.05) is 12.1 Å². The maximum atomic E-state index is 12.3. The van der Waals surface area contributed by atoms with Crippen molar-refractivity contribution in [1.82, 2.24) is 4.98 Å². The van der Waals surface area contributed by atoms with E-state index in [1.54, 1.807) is 43.6 Å². The number of methoxy groups -OCH3 is 1. The highest BCUT2D eigenvalue weighted by molar-refractivity contribution is 6.03. The van der Waals surface area contributed by atoms with Crippen LogP contribution in [0, 0.1) is 13.8 Å². The number of anilines is 3. The molecule has 0 bridgehead atoms. The fourth-order valence-electron chi connectivity index (χ4n) is 2.50. The number of carbonyl (C=O) groups is 1. The number of nitrogens with one attached hydrogen (secondary N) is 2. The van der Waals surface area contributed by atoms with Gasteiger partial charge in [0.05, 0.1) is 19.0 Å². The average Bonchev–Trinajstić information content (AvgIpc) is 2.66. The molecule has 0 radical (unpaired) electrons. The van der Waals surface area contributed by atoms with Gasteiger partial charge in [-0.15, -0.1) is 0 Å². The molecule has 0 aliphatic heterocycles. The molecule has 0 saturated heterocycles. The monoisotopic (exact) mass is 347 g/mol. The minimum Gasteiger partial charge on any atom is -0.497 e. The zero-order valence-electron chi connectivity index (χ0n) is 15.0. The first-order valence-electron chi connectivity index (χ1n) is 8.31. The highest BCUT2D eigenvalue weighted by Crippen LogP contribution is 2.21. The summed E-state index contributed by atoms with van der Waals surface area (Å²) in [4.78, 5) is 16.6. The predicted molar refractivity (Wildman–Crippen MR) is 104 cm³/mol. The summed E-state index contributed by atoms with van der Waals surface area (Å²) >= 11 is 0. The van der Waals surface area contributed by atoms with Crippen LogP contribution in [0.4, 0.5) is 17.1 Å². The second-order valence-corrected chi connectivity index (χ2v) is 6.06. The van der Waals surface area contributed by atoms with Gasteiger partial charge in [-0.05, 0) is 67.4 Å². The average molecular weight is 347 g/mol. The molecule has 26 heavy (non-hydrogen) atoms. The molecule has 3 rings (SSSR count). The standard InChI is InChI=1S/C21H21N3O2/c1-14-4-5-15(2)20(12-14)23-17-8-11-19(22-13-17)21(25)24-16-6-9-18(26-3)10-7-16/h4-13,23H,1-3H3,(H,24,25). The molecule has 5 nitrogen and oxygen atoms in total. The van der Waals surface area contributed by atoms with E-state index >= 15 is 0 Å². The molecular weight excluding hydrogens is 326 g/mol.